The highest BCUT2D eigenvalue weighted by atomic mass is 35.5. The van der Waals surface area contributed by atoms with Gasteiger partial charge in [0.05, 0.1) is 6.42 Å². The van der Waals surface area contributed by atoms with E-state index in [1.807, 2.05) is 0 Å². The second-order valence-electron chi connectivity index (χ2n) is 2.70. The Hall–Kier alpha value is -0.240. The van der Waals surface area contributed by atoms with Gasteiger partial charge in [0.15, 0.2) is 0 Å². The van der Waals surface area contributed by atoms with Crippen LogP contribution < -0.4 is 0 Å². The first-order valence-electron chi connectivity index (χ1n) is 2.96. The molecule has 0 aliphatic heterocycles. The summed E-state index contributed by atoms with van der Waals surface area (Å²) in [7, 11) is 0. The summed E-state index contributed by atoms with van der Waals surface area (Å²) in [6.45, 7) is 0. The molecule has 0 unspecified atom stereocenters. The van der Waals surface area contributed by atoms with Crippen LogP contribution in [0, 0.1) is 5.41 Å². The molecule has 0 bridgehead atoms. The van der Waals surface area contributed by atoms with Crippen molar-refractivity contribution in [2.45, 2.75) is 19.3 Å². The molecule has 0 saturated heterocycles. The molecule has 1 aliphatic carbocycles. The van der Waals surface area contributed by atoms with Gasteiger partial charge in [0.1, 0.15) is 0 Å². The van der Waals surface area contributed by atoms with E-state index in [0.29, 0.717) is 5.88 Å². The predicted octanol–water partition coefficient (Wildman–Crippen LogP) is 1.48. The van der Waals surface area contributed by atoms with E-state index in [4.69, 9.17) is 16.7 Å². The Morgan fingerprint density at radius 1 is 1.67 bits per heavy atom. The lowest BCUT2D eigenvalue weighted by molar-refractivity contribution is -0.138. The largest absolute Gasteiger partial charge is 0.481 e. The monoisotopic (exact) mass is 148 g/mol. The molecule has 0 radical (unpaired) electrons. The summed E-state index contributed by atoms with van der Waals surface area (Å²) in [6, 6.07) is 0. The number of carboxylic acids is 1. The van der Waals surface area contributed by atoms with Gasteiger partial charge in [-0.2, -0.15) is 0 Å². The summed E-state index contributed by atoms with van der Waals surface area (Å²) >= 11 is 5.54. The quantitative estimate of drug-likeness (QED) is 0.616. The van der Waals surface area contributed by atoms with E-state index in [1.54, 1.807) is 0 Å². The van der Waals surface area contributed by atoms with Crippen LogP contribution in [-0.4, -0.2) is 17.0 Å². The Morgan fingerprint density at radius 2 is 2.22 bits per heavy atom. The van der Waals surface area contributed by atoms with E-state index in [1.165, 1.54) is 0 Å². The van der Waals surface area contributed by atoms with Crippen LogP contribution in [0.5, 0.6) is 0 Å². The average molecular weight is 149 g/mol. The van der Waals surface area contributed by atoms with E-state index in [2.05, 4.69) is 0 Å². The number of rotatable bonds is 3. The van der Waals surface area contributed by atoms with Crippen LogP contribution in [0.25, 0.3) is 0 Å². The molecule has 1 aliphatic rings. The van der Waals surface area contributed by atoms with Gasteiger partial charge in [0, 0.05) is 5.88 Å². The number of hydrogen-bond donors (Lipinski definition) is 1. The topological polar surface area (TPSA) is 37.3 Å². The minimum absolute atomic E-state index is 0.0204. The van der Waals surface area contributed by atoms with Crippen molar-refractivity contribution >= 4 is 17.6 Å². The first-order chi connectivity index (χ1) is 4.18. The third-order valence-electron chi connectivity index (χ3n) is 1.77. The minimum Gasteiger partial charge on any atom is -0.481 e. The first kappa shape index (κ1) is 6.87. The van der Waals surface area contributed by atoms with Crippen molar-refractivity contribution < 1.29 is 9.90 Å². The van der Waals surface area contributed by atoms with Crippen LogP contribution in [-0.2, 0) is 4.79 Å². The number of carbonyl (C=O) groups is 1. The molecular weight excluding hydrogens is 140 g/mol. The number of halogens is 1. The van der Waals surface area contributed by atoms with Crippen molar-refractivity contribution in [1.82, 2.24) is 0 Å². The third kappa shape index (κ3) is 1.58. The van der Waals surface area contributed by atoms with Crippen molar-refractivity contribution in [2.24, 2.45) is 5.41 Å². The zero-order chi connectivity index (χ0) is 6.91. The average Bonchev–Trinajstić information content (AvgIpc) is 2.48. The first-order valence-corrected chi connectivity index (χ1v) is 3.50. The van der Waals surface area contributed by atoms with E-state index in [-0.39, 0.29) is 11.8 Å². The van der Waals surface area contributed by atoms with Gasteiger partial charge in [-0.05, 0) is 18.3 Å². The summed E-state index contributed by atoms with van der Waals surface area (Å²) in [5.74, 6) is -0.229. The molecule has 0 aromatic rings. The van der Waals surface area contributed by atoms with Crippen LogP contribution >= 0.6 is 11.6 Å². The second kappa shape index (κ2) is 2.18. The Labute approximate surface area is 58.8 Å². The number of carboxylic acid groups (broad SMARTS) is 1. The maximum Gasteiger partial charge on any atom is 0.303 e. The van der Waals surface area contributed by atoms with E-state index in [9.17, 15) is 4.79 Å². The van der Waals surface area contributed by atoms with Crippen molar-refractivity contribution in [3.63, 3.8) is 0 Å². The SMILES string of the molecule is O=C(O)CC1(CCl)CC1. The lowest BCUT2D eigenvalue weighted by atomic mass is 10.1. The highest BCUT2D eigenvalue weighted by molar-refractivity contribution is 6.18. The van der Waals surface area contributed by atoms with Crippen molar-refractivity contribution in [3.8, 4) is 0 Å². The third-order valence-corrected chi connectivity index (χ3v) is 2.33. The zero-order valence-electron chi connectivity index (χ0n) is 5.06. The van der Waals surface area contributed by atoms with Gasteiger partial charge < -0.3 is 5.11 Å². The minimum atomic E-state index is -0.729. The Balaban J connectivity index is 2.33. The highest BCUT2D eigenvalue weighted by Crippen LogP contribution is 2.49. The number of hydrogen-bond acceptors (Lipinski definition) is 1. The summed E-state index contributed by atoms with van der Waals surface area (Å²) in [4.78, 5) is 10.2. The molecule has 0 aromatic carbocycles. The molecule has 0 amide bonds. The summed E-state index contributed by atoms with van der Waals surface area (Å²) in [6.07, 6.45) is 2.22. The lowest BCUT2D eigenvalue weighted by Gasteiger charge is -2.04. The normalized spacial score (nSPS) is 21.4. The Kier molecular flexibility index (Phi) is 1.66. The fraction of sp³-hybridized carbons (Fsp3) is 0.833. The molecule has 1 N–H and O–H groups in total. The Bertz CT molecular complexity index is 129. The fourth-order valence-corrected chi connectivity index (χ4v) is 1.22. The molecule has 9 heavy (non-hydrogen) atoms. The van der Waals surface area contributed by atoms with Crippen LogP contribution in [0.2, 0.25) is 0 Å². The molecule has 1 saturated carbocycles. The van der Waals surface area contributed by atoms with Crippen LogP contribution in [0.4, 0.5) is 0 Å². The van der Waals surface area contributed by atoms with Gasteiger partial charge in [0.25, 0.3) is 0 Å². The van der Waals surface area contributed by atoms with Crippen molar-refractivity contribution in [1.29, 1.82) is 0 Å². The zero-order valence-corrected chi connectivity index (χ0v) is 5.82. The molecule has 52 valence electrons. The molecule has 3 heteroatoms. The summed E-state index contributed by atoms with van der Waals surface area (Å²) in [5, 5.41) is 8.36. The second-order valence-corrected chi connectivity index (χ2v) is 2.97. The van der Waals surface area contributed by atoms with Crippen molar-refractivity contribution in [3.05, 3.63) is 0 Å². The van der Waals surface area contributed by atoms with Crippen LogP contribution in [0.1, 0.15) is 19.3 Å². The Morgan fingerprint density at radius 3 is 2.33 bits per heavy atom. The standard InChI is InChI=1S/C6H9ClO2/c7-4-6(1-2-6)3-5(8)9/h1-4H2,(H,8,9). The summed E-state index contributed by atoms with van der Waals surface area (Å²) in [5.41, 5.74) is -0.0204. The fourth-order valence-electron chi connectivity index (χ4n) is 0.855. The van der Waals surface area contributed by atoms with Crippen LogP contribution in [0.15, 0.2) is 0 Å². The molecular formula is C6H9ClO2. The molecule has 0 spiro atoms. The molecule has 1 rings (SSSR count). The maximum absolute atomic E-state index is 10.2. The molecule has 0 atom stereocenters. The van der Waals surface area contributed by atoms with Crippen molar-refractivity contribution in [2.75, 3.05) is 5.88 Å². The van der Waals surface area contributed by atoms with E-state index < -0.39 is 5.97 Å². The number of alkyl halides is 1. The van der Waals surface area contributed by atoms with Gasteiger partial charge >= 0.3 is 5.97 Å². The molecule has 2 nitrogen and oxygen atoms in total. The molecule has 1 fully saturated rings. The van der Waals surface area contributed by atoms with E-state index in [0.717, 1.165) is 12.8 Å². The number of aliphatic carboxylic acids is 1. The highest BCUT2D eigenvalue weighted by Gasteiger charge is 2.43. The van der Waals surface area contributed by atoms with Gasteiger partial charge in [-0.3, -0.25) is 4.79 Å². The van der Waals surface area contributed by atoms with E-state index >= 15 is 0 Å². The molecule has 0 heterocycles. The smallest absolute Gasteiger partial charge is 0.303 e. The maximum atomic E-state index is 10.2. The molecule has 0 aromatic heterocycles. The predicted molar refractivity (Wildman–Crippen MR) is 34.6 cm³/mol. The van der Waals surface area contributed by atoms with Gasteiger partial charge in [-0.15, -0.1) is 11.6 Å². The van der Waals surface area contributed by atoms with Gasteiger partial charge in [0.2, 0.25) is 0 Å². The summed E-state index contributed by atoms with van der Waals surface area (Å²) < 4.78 is 0. The van der Waals surface area contributed by atoms with Crippen LogP contribution in [0.3, 0.4) is 0 Å². The van der Waals surface area contributed by atoms with Gasteiger partial charge in [-0.25, -0.2) is 0 Å². The van der Waals surface area contributed by atoms with Gasteiger partial charge in [-0.1, -0.05) is 0 Å². The lowest BCUT2D eigenvalue weighted by Crippen LogP contribution is -2.09.